The molecular formula is C17H20FN3O3. The van der Waals surface area contributed by atoms with E-state index in [1.165, 1.54) is 25.3 Å². The van der Waals surface area contributed by atoms with Crippen molar-refractivity contribution in [2.45, 2.75) is 38.6 Å². The first kappa shape index (κ1) is 16.4. The van der Waals surface area contributed by atoms with Crippen LogP contribution in [0.5, 0.6) is 5.75 Å². The lowest BCUT2D eigenvalue weighted by molar-refractivity contribution is 0.0936. The molecule has 2 atom stereocenters. The highest BCUT2D eigenvalue weighted by Crippen LogP contribution is 2.29. The Morgan fingerprint density at radius 1 is 1.42 bits per heavy atom. The molecule has 1 heterocycles. The SMILES string of the molecule is COc1cc(C(=O)N[C@H]2CC[C@@H](Cc3nnc(C)o3)C2)ccc1F. The van der Waals surface area contributed by atoms with E-state index in [4.69, 9.17) is 9.15 Å². The van der Waals surface area contributed by atoms with Crippen LogP contribution >= 0.6 is 0 Å². The number of amides is 1. The molecule has 128 valence electrons. The second-order valence-corrected chi connectivity index (χ2v) is 6.12. The van der Waals surface area contributed by atoms with Crippen LogP contribution in [0.1, 0.15) is 41.4 Å². The lowest BCUT2D eigenvalue weighted by Crippen LogP contribution is -2.33. The summed E-state index contributed by atoms with van der Waals surface area (Å²) in [5.41, 5.74) is 0.393. The van der Waals surface area contributed by atoms with Crippen LogP contribution in [0, 0.1) is 18.7 Å². The Labute approximate surface area is 139 Å². The quantitative estimate of drug-likeness (QED) is 0.910. The maximum atomic E-state index is 13.4. The van der Waals surface area contributed by atoms with Gasteiger partial charge in [0.15, 0.2) is 11.6 Å². The standard InChI is InChI=1S/C17H20FN3O3/c1-10-20-21-16(24-10)8-11-3-5-13(7-11)19-17(22)12-4-6-14(18)15(9-12)23-2/h4,6,9,11,13H,3,5,7-8H2,1-2H3,(H,19,22)/t11-,13+/m1/s1. The van der Waals surface area contributed by atoms with Crippen molar-refractivity contribution in [2.75, 3.05) is 7.11 Å². The fraction of sp³-hybridized carbons (Fsp3) is 0.471. The van der Waals surface area contributed by atoms with Crippen LogP contribution in [0.3, 0.4) is 0 Å². The third-order valence-electron chi connectivity index (χ3n) is 4.32. The molecule has 1 amide bonds. The van der Waals surface area contributed by atoms with Crippen molar-refractivity contribution in [3.05, 3.63) is 41.4 Å². The average Bonchev–Trinajstić information content (AvgIpc) is 3.17. The summed E-state index contributed by atoms with van der Waals surface area (Å²) >= 11 is 0. The van der Waals surface area contributed by atoms with Gasteiger partial charge in [-0.3, -0.25) is 4.79 Å². The van der Waals surface area contributed by atoms with Gasteiger partial charge in [-0.2, -0.15) is 0 Å². The second kappa shape index (κ2) is 6.98. The monoisotopic (exact) mass is 333 g/mol. The van der Waals surface area contributed by atoms with E-state index in [1.54, 1.807) is 6.92 Å². The Morgan fingerprint density at radius 2 is 2.25 bits per heavy atom. The molecule has 0 aliphatic heterocycles. The van der Waals surface area contributed by atoms with Crippen molar-refractivity contribution in [3.63, 3.8) is 0 Å². The fourth-order valence-corrected chi connectivity index (χ4v) is 3.13. The summed E-state index contributed by atoms with van der Waals surface area (Å²) in [6.07, 6.45) is 3.50. The Balaban J connectivity index is 1.56. The van der Waals surface area contributed by atoms with Gasteiger partial charge in [-0.15, -0.1) is 10.2 Å². The van der Waals surface area contributed by atoms with Crippen LogP contribution in [0.2, 0.25) is 0 Å². The van der Waals surface area contributed by atoms with E-state index in [0.29, 0.717) is 23.3 Å². The number of hydrogen-bond acceptors (Lipinski definition) is 5. The minimum absolute atomic E-state index is 0.0683. The molecule has 24 heavy (non-hydrogen) atoms. The van der Waals surface area contributed by atoms with Gasteiger partial charge in [0.2, 0.25) is 11.8 Å². The van der Waals surface area contributed by atoms with E-state index in [2.05, 4.69) is 15.5 Å². The number of nitrogens with zero attached hydrogens (tertiary/aromatic N) is 2. The minimum atomic E-state index is -0.482. The number of aryl methyl sites for hydroxylation is 1. The lowest BCUT2D eigenvalue weighted by Gasteiger charge is -2.13. The Kier molecular flexibility index (Phi) is 4.78. The molecule has 1 saturated carbocycles. The molecule has 0 saturated heterocycles. The maximum absolute atomic E-state index is 13.4. The largest absolute Gasteiger partial charge is 0.494 e. The van der Waals surface area contributed by atoms with Gasteiger partial charge < -0.3 is 14.5 Å². The molecule has 1 aromatic carbocycles. The van der Waals surface area contributed by atoms with E-state index in [-0.39, 0.29) is 17.7 Å². The zero-order valence-corrected chi connectivity index (χ0v) is 13.7. The van der Waals surface area contributed by atoms with Gasteiger partial charge in [0.05, 0.1) is 7.11 Å². The van der Waals surface area contributed by atoms with E-state index in [1.807, 2.05) is 0 Å². The fourth-order valence-electron chi connectivity index (χ4n) is 3.13. The summed E-state index contributed by atoms with van der Waals surface area (Å²) < 4.78 is 23.7. The molecule has 1 aliphatic carbocycles. The Bertz CT molecular complexity index is 732. The number of halogens is 1. The van der Waals surface area contributed by atoms with E-state index in [0.717, 1.165) is 25.7 Å². The molecule has 0 bridgehead atoms. The summed E-state index contributed by atoms with van der Waals surface area (Å²) in [4.78, 5) is 12.3. The predicted molar refractivity (Wildman–Crippen MR) is 84.3 cm³/mol. The molecule has 0 unspecified atom stereocenters. The van der Waals surface area contributed by atoms with Crippen LogP contribution in [0.4, 0.5) is 4.39 Å². The zero-order chi connectivity index (χ0) is 17.1. The molecule has 0 radical (unpaired) electrons. The molecule has 6 nitrogen and oxygen atoms in total. The van der Waals surface area contributed by atoms with Gasteiger partial charge in [0.1, 0.15) is 0 Å². The zero-order valence-electron chi connectivity index (χ0n) is 13.7. The smallest absolute Gasteiger partial charge is 0.251 e. The van der Waals surface area contributed by atoms with Crippen LogP contribution in [0.25, 0.3) is 0 Å². The first-order valence-corrected chi connectivity index (χ1v) is 7.98. The third kappa shape index (κ3) is 3.72. The highest BCUT2D eigenvalue weighted by atomic mass is 19.1. The van der Waals surface area contributed by atoms with Gasteiger partial charge in [0, 0.05) is 24.9 Å². The summed E-state index contributed by atoms with van der Waals surface area (Å²) in [5.74, 6) is 1.000. The van der Waals surface area contributed by atoms with Gasteiger partial charge in [-0.05, 0) is 43.4 Å². The molecule has 2 aromatic rings. The molecule has 7 heteroatoms. The second-order valence-electron chi connectivity index (χ2n) is 6.12. The number of carbonyl (C=O) groups is 1. The van der Waals surface area contributed by atoms with Crippen LogP contribution in [-0.4, -0.2) is 29.3 Å². The van der Waals surface area contributed by atoms with Crippen LogP contribution in [0.15, 0.2) is 22.6 Å². The topological polar surface area (TPSA) is 77.2 Å². The van der Waals surface area contributed by atoms with E-state index < -0.39 is 5.82 Å². The average molecular weight is 333 g/mol. The maximum Gasteiger partial charge on any atom is 0.251 e. The van der Waals surface area contributed by atoms with E-state index in [9.17, 15) is 9.18 Å². The van der Waals surface area contributed by atoms with Gasteiger partial charge in [-0.1, -0.05) is 0 Å². The number of hydrogen-bond donors (Lipinski definition) is 1. The molecule has 1 fully saturated rings. The number of nitrogens with one attached hydrogen (secondary N) is 1. The lowest BCUT2D eigenvalue weighted by atomic mass is 10.0. The third-order valence-corrected chi connectivity index (χ3v) is 4.32. The van der Waals surface area contributed by atoms with E-state index >= 15 is 0 Å². The first-order valence-electron chi connectivity index (χ1n) is 7.98. The van der Waals surface area contributed by atoms with Crippen molar-refractivity contribution in [1.29, 1.82) is 0 Å². The number of methoxy groups -OCH3 is 1. The van der Waals surface area contributed by atoms with Crippen LogP contribution < -0.4 is 10.1 Å². The summed E-state index contributed by atoms with van der Waals surface area (Å²) in [6, 6.07) is 4.21. The molecular weight excluding hydrogens is 313 g/mol. The highest BCUT2D eigenvalue weighted by molar-refractivity contribution is 5.94. The first-order chi connectivity index (χ1) is 11.5. The number of carbonyl (C=O) groups excluding carboxylic acids is 1. The van der Waals surface area contributed by atoms with Crippen molar-refractivity contribution < 1.29 is 18.3 Å². The molecule has 0 spiro atoms. The highest BCUT2D eigenvalue weighted by Gasteiger charge is 2.27. The van der Waals surface area contributed by atoms with Crippen molar-refractivity contribution in [3.8, 4) is 5.75 Å². The van der Waals surface area contributed by atoms with Gasteiger partial charge >= 0.3 is 0 Å². The summed E-state index contributed by atoms with van der Waals surface area (Å²) in [5, 5.41) is 10.9. The van der Waals surface area contributed by atoms with Gasteiger partial charge in [-0.25, -0.2) is 4.39 Å². The molecule has 1 aromatic heterocycles. The normalized spacial score (nSPS) is 20.1. The molecule has 1 aliphatic rings. The molecule has 1 N–H and O–H groups in total. The van der Waals surface area contributed by atoms with Crippen molar-refractivity contribution in [1.82, 2.24) is 15.5 Å². The number of aromatic nitrogens is 2. The number of rotatable bonds is 5. The minimum Gasteiger partial charge on any atom is -0.494 e. The Hall–Kier alpha value is -2.44. The number of benzene rings is 1. The summed E-state index contributed by atoms with van der Waals surface area (Å²) in [6.45, 7) is 1.77. The molecule has 3 rings (SSSR count). The van der Waals surface area contributed by atoms with Crippen LogP contribution in [-0.2, 0) is 6.42 Å². The van der Waals surface area contributed by atoms with Gasteiger partial charge in [0.25, 0.3) is 5.91 Å². The Morgan fingerprint density at radius 3 is 2.96 bits per heavy atom. The van der Waals surface area contributed by atoms with Crippen molar-refractivity contribution >= 4 is 5.91 Å². The van der Waals surface area contributed by atoms with Crippen molar-refractivity contribution in [2.24, 2.45) is 5.92 Å². The summed E-state index contributed by atoms with van der Waals surface area (Å²) in [7, 11) is 1.38. The number of ether oxygens (including phenoxy) is 1. The predicted octanol–water partition coefficient (Wildman–Crippen LogP) is 2.67.